The molecule has 0 saturated carbocycles. The van der Waals surface area contributed by atoms with Crippen molar-refractivity contribution in [2.24, 2.45) is 0 Å². The number of alkyl halides is 3. The summed E-state index contributed by atoms with van der Waals surface area (Å²) in [7, 11) is 3.66. The van der Waals surface area contributed by atoms with Crippen LogP contribution >= 0.6 is 18.8 Å². The molecule has 0 atom stereocenters. The molecule has 0 aliphatic rings. The van der Waals surface area contributed by atoms with E-state index in [9.17, 15) is 13.2 Å². The van der Waals surface area contributed by atoms with Crippen LogP contribution in [-0.2, 0) is 95.8 Å². The van der Waals surface area contributed by atoms with Gasteiger partial charge >= 0.3 is 40.8 Å². The first-order valence-electron chi connectivity index (χ1n) is 49.1. The third-order valence-corrected chi connectivity index (χ3v) is 26.5. The van der Waals surface area contributed by atoms with Gasteiger partial charge in [0.05, 0.1) is 39.4 Å². The number of aromatic nitrogens is 8. The van der Waals surface area contributed by atoms with Crippen LogP contribution in [0.3, 0.4) is 0 Å². The Morgan fingerprint density at radius 2 is 0.851 bits per heavy atom. The molecule has 13 aromatic carbocycles. The maximum atomic E-state index is 10.7. The minimum Gasteiger partial charge on any atom is 0 e. The number of benzene rings is 13. The zero-order valence-electron chi connectivity index (χ0n) is 88.9. The van der Waals surface area contributed by atoms with Gasteiger partial charge in [-0.1, -0.05) is 317 Å². The summed E-state index contributed by atoms with van der Waals surface area (Å²) in [6, 6.07) is 114. The normalized spacial score (nSPS) is 12.3. The van der Waals surface area contributed by atoms with E-state index in [4.69, 9.17) is 62.7 Å². The summed E-state index contributed by atoms with van der Waals surface area (Å²) in [6.45, 7) is 55.6. The predicted molar refractivity (Wildman–Crippen MR) is 589 cm³/mol. The van der Waals surface area contributed by atoms with Crippen LogP contribution in [0.5, 0.6) is 23.0 Å². The first-order chi connectivity index (χ1) is 69.5. The van der Waals surface area contributed by atoms with Crippen LogP contribution in [0.4, 0.5) is 13.2 Å². The van der Waals surface area contributed by atoms with Crippen LogP contribution < -0.4 is 18.6 Å². The number of imidazole rings is 2. The quantitative estimate of drug-likeness (QED) is 0.0380. The van der Waals surface area contributed by atoms with E-state index in [0.29, 0.717) is 17.1 Å². The molecule has 0 saturated heterocycles. The minimum atomic E-state index is -6.09. The van der Waals surface area contributed by atoms with Gasteiger partial charge in [0.2, 0.25) is 0 Å². The summed E-state index contributed by atoms with van der Waals surface area (Å²) in [4.78, 5) is 18.3. The van der Waals surface area contributed by atoms with Gasteiger partial charge in [0.25, 0.3) is 12.7 Å². The monoisotopic (exact) mass is 2400 g/mol. The number of fused-ring (bicyclic) bond motifs is 8. The molecule has 770 valence electrons. The van der Waals surface area contributed by atoms with Crippen molar-refractivity contribution in [3.63, 3.8) is 0 Å². The van der Waals surface area contributed by atoms with Gasteiger partial charge in [-0.3, -0.25) is 15.9 Å². The van der Waals surface area contributed by atoms with E-state index >= 15 is 0 Å². The largest absolute Gasteiger partial charge is 0 e. The molecule has 148 heavy (non-hydrogen) atoms. The fourth-order valence-corrected chi connectivity index (χ4v) is 17.9. The molecular formula is C125H125Cl2F3N9O6Pt2S-3. The molecule has 19 rings (SSSR count). The molecule has 0 amide bonds. The SMILES string of the molecule is CC(C)(C)c1cc(-[n+]2[c-]n(-c3[c-]c(Oc4[c-]c5c(cc4)c4ccccc4n5-c4cc(-c5ccc(C(C)(C)C)cc5C(C)(C)C)ccn4)ccc3)c3ccccc32)cc(C(C)(C)C)c1.CC(C)(C)c1cc(-[n+]2cn(-c3cccc(Oc4ccc5c6ccccc6n(-c6cc(-c7ccc(C(C)(C)C)cc7C(C)(C)C)ccn6)c5c4)c3)c3ccccc32)cc(C(C)(C)C)c1.N#Cc1ccccc1.O=S(=O)([O-])C(F)(F)F.[2H][C-]=O.[Cl][Pt][Cl].[Pt]. The van der Waals surface area contributed by atoms with Gasteiger partial charge < -0.3 is 28.0 Å². The molecule has 0 aliphatic carbocycles. The molecule has 0 fully saturated rings. The van der Waals surface area contributed by atoms with E-state index in [1.165, 1.54) is 61.0 Å². The molecule has 0 bridgehead atoms. The third-order valence-electron chi connectivity index (χ3n) is 25.9. The molecular weight excluding hydrogens is 2270 g/mol. The Labute approximate surface area is 901 Å². The number of hydrogen-bond acceptors (Lipinski definition) is 9. The number of halogens is 5. The molecule has 0 radical (unpaired) electrons. The van der Waals surface area contributed by atoms with Gasteiger partial charge in [0.15, 0.2) is 21.2 Å². The topological polar surface area (TPSA) is 170 Å². The van der Waals surface area contributed by atoms with Crippen molar-refractivity contribution in [2.45, 2.75) is 215 Å². The zero-order valence-corrected chi connectivity index (χ0v) is 94.8. The summed E-state index contributed by atoms with van der Waals surface area (Å²) in [6.07, 6.45) is 9.78. The standard InChI is InChI=1S/C58H61N4O.C58H58N4O.C7H5N.CHF3O3S.CHO.2ClH.2Pt/c2*1-55(2,3)39-24-26-46(49(34-39)58(10,11)12)38-28-29-59-54(30-38)62-50-21-14-13-20-47(50)48-27-25-45(36-53(48)62)63-44-19-17-18-42(35-44)60-37-61(52-23-16-15-22-51(52)60)43-32-40(56(4,5)6)31-41(33-43)57(7,8)9;8-6-7-4-2-1-3-5-7;2-1(3,4)8(5,6)7;1-2;;;;/h13-37H,1-12H3;13-34H,1-12H3;1-5H;(H,5,6,7);1H;2*1H;;/q+1;-2;;;-1;;;;+2/p-3/i;;;;1D;;;;. The van der Waals surface area contributed by atoms with E-state index in [0.717, 1.165) is 124 Å². The summed E-state index contributed by atoms with van der Waals surface area (Å²) < 4.78 is 91.1. The molecule has 6 heterocycles. The Bertz CT molecular complexity index is 7780. The van der Waals surface area contributed by atoms with Crippen LogP contribution in [0, 0.1) is 29.8 Å². The van der Waals surface area contributed by atoms with Crippen molar-refractivity contribution in [3.8, 4) is 85.7 Å². The summed E-state index contributed by atoms with van der Waals surface area (Å²) >= 11 is -0.472. The summed E-state index contributed by atoms with van der Waals surface area (Å²) in [5.74, 6) is 4.39. The number of pyridine rings is 2. The number of para-hydroxylation sites is 6. The fourth-order valence-electron chi connectivity index (χ4n) is 17.9. The van der Waals surface area contributed by atoms with E-state index in [1.54, 1.807) is 12.1 Å². The number of nitriles is 1. The Hall–Kier alpha value is -12.9. The summed E-state index contributed by atoms with van der Waals surface area (Å²) in [5, 5.41) is 12.8. The summed E-state index contributed by atoms with van der Waals surface area (Å²) in [5.41, 5.74) is 22.9. The molecule has 0 spiro atoms. The van der Waals surface area contributed by atoms with Crippen LogP contribution in [0.1, 0.15) is 218 Å². The van der Waals surface area contributed by atoms with Crippen molar-refractivity contribution >= 4 is 101 Å². The van der Waals surface area contributed by atoms with Gasteiger partial charge in [0.1, 0.15) is 34.5 Å². The second-order valence-electron chi connectivity index (χ2n) is 45.0. The first kappa shape index (κ1) is 111. The average Bonchev–Trinajstić information content (AvgIpc) is 1.61. The van der Waals surface area contributed by atoms with Crippen molar-refractivity contribution in [2.75, 3.05) is 0 Å². The van der Waals surface area contributed by atoms with Crippen LogP contribution in [0.2, 0.25) is 0 Å². The second-order valence-corrected chi connectivity index (χ2v) is 49.6. The van der Waals surface area contributed by atoms with Gasteiger partial charge in [-0.15, -0.1) is 29.7 Å². The molecule has 6 aromatic heterocycles. The third kappa shape index (κ3) is 25.5. The van der Waals surface area contributed by atoms with Crippen LogP contribution in [-0.4, -0.2) is 53.5 Å². The second kappa shape index (κ2) is 44.5. The van der Waals surface area contributed by atoms with Crippen molar-refractivity contribution in [1.29, 1.82) is 5.26 Å². The van der Waals surface area contributed by atoms with Gasteiger partial charge in [0, 0.05) is 73.4 Å². The number of hydrogen-bond donors (Lipinski definition) is 0. The Kier molecular flexibility index (Phi) is 33.3. The van der Waals surface area contributed by atoms with E-state index in [-0.39, 0.29) is 64.4 Å². The van der Waals surface area contributed by atoms with Crippen molar-refractivity contribution < 1.29 is 88.5 Å². The predicted octanol–water partition coefficient (Wildman–Crippen LogP) is 32.2. The Balaban J connectivity index is 0.000000205. The number of rotatable bonds is 12. The van der Waals surface area contributed by atoms with Gasteiger partial charge in [-0.05, 0) is 230 Å². The Morgan fingerprint density at radius 3 is 1.34 bits per heavy atom. The van der Waals surface area contributed by atoms with Crippen LogP contribution in [0.15, 0.2) is 316 Å². The first-order valence-corrected chi connectivity index (χ1v) is 55.6. The zero-order chi connectivity index (χ0) is 108. The van der Waals surface area contributed by atoms with E-state index in [1.807, 2.05) is 60.9 Å². The molecule has 0 aliphatic heterocycles. The van der Waals surface area contributed by atoms with Crippen molar-refractivity contribution in [3.05, 3.63) is 385 Å². The smallest absolute Gasteiger partial charge is 0 e. The maximum Gasteiger partial charge on any atom is 0 e. The van der Waals surface area contributed by atoms with E-state index < -0.39 is 32.1 Å². The molecule has 19 aromatic rings. The average molecular weight is 2400 g/mol. The van der Waals surface area contributed by atoms with Gasteiger partial charge in [-0.2, -0.15) is 47.1 Å². The number of ether oxygens (including phenoxy) is 2. The Morgan fingerprint density at radius 1 is 0.426 bits per heavy atom. The fraction of sp³-hybridized carbons (Fsp3) is 0.264. The van der Waals surface area contributed by atoms with E-state index in [2.05, 4.69) is 461 Å². The minimum absolute atomic E-state index is 0. The number of nitrogens with zero attached hydrogens (tertiary/aromatic N) is 9. The molecule has 0 unspecified atom stereocenters. The van der Waals surface area contributed by atoms with Crippen LogP contribution in [0.25, 0.3) is 122 Å². The van der Waals surface area contributed by atoms with Gasteiger partial charge in [-0.25, -0.2) is 18.4 Å². The maximum absolute atomic E-state index is 10.7. The molecule has 23 heteroatoms. The number of carbonyl (C=O) groups excluding carboxylic acids is 1. The van der Waals surface area contributed by atoms with Crippen molar-refractivity contribution in [1.82, 2.24) is 28.2 Å². The molecule has 0 N–H and O–H groups in total. The molecule has 15 nitrogen and oxygen atoms in total.